The van der Waals surface area contributed by atoms with Crippen LogP contribution in [0, 0.1) is 13.8 Å². The third kappa shape index (κ3) is 4.76. The van der Waals surface area contributed by atoms with Gasteiger partial charge >= 0.3 is 6.09 Å². The molecule has 7 nitrogen and oxygen atoms in total. The second-order valence-electron chi connectivity index (χ2n) is 6.33. The van der Waals surface area contributed by atoms with Crippen molar-refractivity contribution in [1.82, 2.24) is 9.97 Å². The number of imide groups is 1. The van der Waals surface area contributed by atoms with Gasteiger partial charge in [-0.15, -0.1) is 0 Å². The molecule has 0 aliphatic carbocycles. The van der Waals surface area contributed by atoms with E-state index in [0.717, 1.165) is 21.7 Å². The number of hydrogen-bond acceptors (Lipinski definition) is 6. The van der Waals surface area contributed by atoms with Gasteiger partial charge in [-0.2, -0.15) is 0 Å². The van der Waals surface area contributed by atoms with Crippen LogP contribution in [0.5, 0.6) is 11.6 Å². The minimum atomic E-state index is -0.737. The minimum Gasteiger partial charge on any atom is -0.452 e. The molecule has 0 bridgehead atoms. The number of benzene rings is 1. The Balaban J connectivity index is 1.77. The molecule has 0 spiro atoms. The van der Waals surface area contributed by atoms with Crippen molar-refractivity contribution < 1.29 is 19.1 Å². The lowest BCUT2D eigenvalue weighted by molar-refractivity contribution is -0.117. The molecule has 0 aliphatic rings. The maximum absolute atomic E-state index is 12.9. The highest BCUT2D eigenvalue weighted by atomic mass is 16.5. The topological polar surface area (TPSA) is 81.6 Å². The summed E-state index contributed by atoms with van der Waals surface area (Å²) in [5.74, 6) is 0.686. The number of methoxy groups -OCH3 is 1. The first kappa shape index (κ1) is 20.0. The molecule has 7 heteroatoms. The zero-order valence-electron chi connectivity index (χ0n) is 16.5. The first-order chi connectivity index (χ1) is 14.0. The van der Waals surface area contributed by atoms with Crippen LogP contribution in [0.3, 0.4) is 0 Å². The molecule has 2 heterocycles. The average Bonchev–Trinajstić information content (AvgIpc) is 2.73. The molecule has 0 saturated carbocycles. The van der Waals surface area contributed by atoms with Crippen LogP contribution >= 0.6 is 0 Å². The number of ether oxygens (including phenoxy) is 2. The van der Waals surface area contributed by atoms with E-state index in [0.29, 0.717) is 17.3 Å². The number of carbonyl (C=O) groups excluding carboxylic acids is 2. The highest BCUT2D eigenvalue weighted by Crippen LogP contribution is 2.24. The van der Waals surface area contributed by atoms with Gasteiger partial charge in [0.2, 0.25) is 11.8 Å². The lowest BCUT2D eigenvalue weighted by atomic mass is 10.1. The molecule has 0 aliphatic heterocycles. The summed E-state index contributed by atoms with van der Waals surface area (Å²) in [6.45, 7) is 3.63. The normalized spacial score (nSPS) is 10.3. The van der Waals surface area contributed by atoms with Gasteiger partial charge in [-0.05, 0) is 49.2 Å². The molecular formula is C22H21N3O4. The van der Waals surface area contributed by atoms with E-state index in [9.17, 15) is 9.59 Å². The Morgan fingerprint density at radius 2 is 1.72 bits per heavy atom. The van der Waals surface area contributed by atoms with Gasteiger partial charge in [-0.1, -0.05) is 18.2 Å². The van der Waals surface area contributed by atoms with E-state index in [1.807, 2.05) is 19.9 Å². The molecule has 0 unspecified atom stereocenters. The number of hydrogen-bond donors (Lipinski definition) is 0. The van der Waals surface area contributed by atoms with Gasteiger partial charge in [0, 0.05) is 24.2 Å². The van der Waals surface area contributed by atoms with Crippen molar-refractivity contribution in [3.05, 3.63) is 77.7 Å². The molecule has 0 atom stereocenters. The van der Waals surface area contributed by atoms with Gasteiger partial charge in [0.1, 0.15) is 5.75 Å². The molecule has 2 amide bonds. The predicted molar refractivity (Wildman–Crippen MR) is 108 cm³/mol. The van der Waals surface area contributed by atoms with E-state index in [1.165, 1.54) is 7.11 Å². The first-order valence-electron chi connectivity index (χ1n) is 9.00. The van der Waals surface area contributed by atoms with Gasteiger partial charge in [0.05, 0.1) is 19.2 Å². The van der Waals surface area contributed by atoms with Crippen molar-refractivity contribution >= 4 is 17.7 Å². The molecule has 1 aromatic carbocycles. The average molecular weight is 391 g/mol. The Kier molecular flexibility index (Phi) is 6.19. The van der Waals surface area contributed by atoms with E-state index in [-0.39, 0.29) is 6.42 Å². The summed E-state index contributed by atoms with van der Waals surface area (Å²) in [7, 11) is 1.25. The molecule has 29 heavy (non-hydrogen) atoms. The van der Waals surface area contributed by atoms with Crippen LogP contribution in [0.1, 0.15) is 16.8 Å². The maximum atomic E-state index is 12.9. The van der Waals surface area contributed by atoms with Crippen LogP contribution in [-0.4, -0.2) is 29.1 Å². The van der Waals surface area contributed by atoms with Gasteiger partial charge in [0.25, 0.3) is 0 Å². The highest BCUT2D eigenvalue weighted by molar-refractivity contribution is 6.13. The number of aryl methyl sites for hydroxylation is 1. The summed E-state index contributed by atoms with van der Waals surface area (Å²) in [6, 6.07) is 14.1. The zero-order valence-corrected chi connectivity index (χ0v) is 16.5. The van der Waals surface area contributed by atoms with Crippen LogP contribution in [-0.2, 0) is 16.0 Å². The Labute approximate surface area is 168 Å². The number of pyridine rings is 2. The van der Waals surface area contributed by atoms with Crippen molar-refractivity contribution in [2.75, 3.05) is 12.0 Å². The van der Waals surface area contributed by atoms with Crippen LogP contribution in [0.25, 0.3) is 0 Å². The fraction of sp³-hybridized carbons (Fsp3) is 0.182. The molecule has 3 aromatic rings. The fourth-order valence-electron chi connectivity index (χ4n) is 2.75. The molecule has 0 fully saturated rings. The summed E-state index contributed by atoms with van der Waals surface area (Å²) in [4.78, 5) is 34.6. The number of rotatable bonds is 5. The molecule has 0 saturated heterocycles. The summed E-state index contributed by atoms with van der Waals surface area (Å²) in [6.07, 6.45) is 2.50. The van der Waals surface area contributed by atoms with E-state index < -0.39 is 12.0 Å². The predicted octanol–water partition coefficient (Wildman–Crippen LogP) is 4.23. The van der Waals surface area contributed by atoms with Crippen molar-refractivity contribution in [1.29, 1.82) is 0 Å². The number of amides is 2. The Bertz CT molecular complexity index is 1000. The number of anilines is 1. The summed E-state index contributed by atoms with van der Waals surface area (Å²) >= 11 is 0. The van der Waals surface area contributed by atoms with E-state index >= 15 is 0 Å². The van der Waals surface area contributed by atoms with E-state index in [4.69, 9.17) is 9.47 Å². The maximum Gasteiger partial charge on any atom is 0.420 e. The van der Waals surface area contributed by atoms with Gasteiger partial charge in [-0.25, -0.2) is 14.7 Å². The second-order valence-corrected chi connectivity index (χ2v) is 6.33. The SMILES string of the molecule is COC(=O)N(C(=O)Cc1ccc(Oc2ccccn2)cc1)c1ccnc(C)c1C. The largest absolute Gasteiger partial charge is 0.452 e. The lowest BCUT2D eigenvalue weighted by Crippen LogP contribution is -2.38. The van der Waals surface area contributed by atoms with Gasteiger partial charge < -0.3 is 9.47 Å². The molecule has 0 radical (unpaired) electrons. The van der Waals surface area contributed by atoms with Crippen molar-refractivity contribution in [2.45, 2.75) is 20.3 Å². The fourth-order valence-corrected chi connectivity index (χ4v) is 2.75. The molecule has 0 N–H and O–H groups in total. The summed E-state index contributed by atoms with van der Waals surface area (Å²) in [5.41, 5.74) is 2.68. The quantitative estimate of drug-likeness (QED) is 0.647. The molecule has 2 aromatic heterocycles. The molecule has 148 valence electrons. The summed E-state index contributed by atoms with van der Waals surface area (Å²) < 4.78 is 10.5. The van der Waals surface area contributed by atoms with E-state index in [2.05, 4.69) is 9.97 Å². The first-order valence-corrected chi connectivity index (χ1v) is 9.00. The zero-order chi connectivity index (χ0) is 20.8. The standard InChI is InChI=1S/C22H21N3O4/c1-15-16(2)23-13-11-19(15)25(22(27)28-3)21(26)14-17-7-9-18(10-8-17)29-20-6-4-5-12-24-20/h4-13H,14H2,1-3H3. The monoisotopic (exact) mass is 391 g/mol. The van der Waals surface area contributed by atoms with E-state index in [1.54, 1.807) is 54.9 Å². The van der Waals surface area contributed by atoms with Gasteiger partial charge in [-0.3, -0.25) is 9.78 Å². The van der Waals surface area contributed by atoms with Crippen molar-refractivity contribution in [3.8, 4) is 11.6 Å². The Hall–Kier alpha value is -3.74. The molecule has 3 rings (SSSR count). The minimum absolute atomic E-state index is 0.0276. The van der Waals surface area contributed by atoms with Crippen LogP contribution in [0.4, 0.5) is 10.5 Å². The number of carbonyl (C=O) groups is 2. The van der Waals surface area contributed by atoms with Crippen LogP contribution < -0.4 is 9.64 Å². The third-order valence-electron chi connectivity index (χ3n) is 4.41. The smallest absolute Gasteiger partial charge is 0.420 e. The second kappa shape index (κ2) is 8.97. The van der Waals surface area contributed by atoms with Crippen LogP contribution in [0.15, 0.2) is 60.9 Å². The van der Waals surface area contributed by atoms with Crippen molar-refractivity contribution in [2.24, 2.45) is 0 Å². The summed E-state index contributed by atoms with van der Waals surface area (Å²) in [5, 5.41) is 0. The number of aromatic nitrogens is 2. The van der Waals surface area contributed by atoms with Gasteiger partial charge in [0.15, 0.2) is 0 Å². The number of nitrogens with zero attached hydrogens (tertiary/aromatic N) is 3. The third-order valence-corrected chi connectivity index (χ3v) is 4.41. The molecular weight excluding hydrogens is 370 g/mol. The Morgan fingerprint density at radius 1 is 0.966 bits per heavy atom. The van der Waals surface area contributed by atoms with Crippen LogP contribution in [0.2, 0.25) is 0 Å². The highest BCUT2D eigenvalue weighted by Gasteiger charge is 2.26. The lowest BCUT2D eigenvalue weighted by Gasteiger charge is -2.22. The van der Waals surface area contributed by atoms with Crippen molar-refractivity contribution in [3.63, 3.8) is 0 Å². The Morgan fingerprint density at radius 3 is 2.38 bits per heavy atom.